The van der Waals surface area contributed by atoms with Crippen molar-refractivity contribution in [2.45, 2.75) is 17.5 Å². The maximum absolute atomic E-state index is 13.2. The quantitative estimate of drug-likeness (QED) is 0.376. The lowest BCUT2D eigenvalue weighted by Gasteiger charge is -2.26. The number of morpholine rings is 1. The molecule has 9 nitrogen and oxygen atoms in total. The van der Waals surface area contributed by atoms with Gasteiger partial charge < -0.3 is 20.7 Å². The van der Waals surface area contributed by atoms with Crippen molar-refractivity contribution in [2.75, 3.05) is 51.8 Å². The number of alkyl halides is 3. The van der Waals surface area contributed by atoms with Gasteiger partial charge in [-0.05, 0) is 31.2 Å². The number of likely N-dealkylation sites (N-methyl/N-ethyl adjacent to an activating group) is 1. The third-order valence-electron chi connectivity index (χ3n) is 5.60. The van der Waals surface area contributed by atoms with E-state index in [9.17, 15) is 22.8 Å². The number of fused-ring (bicyclic) bond motifs is 1. The summed E-state index contributed by atoms with van der Waals surface area (Å²) in [6, 6.07) is 5.81. The summed E-state index contributed by atoms with van der Waals surface area (Å²) in [5.41, 5.74) is -0.356. The van der Waals surface area contributed by atoms with Crippen molar-refractivity contribution < 1.29 is 27.5 Å². The first kappa shape index (κ1) is 25.9. The van der Waals surface area contributed by atoms with Crippen LogP contribution in [-0.2, 0) is 15.7 Å². The van der Waals surface area contributed by atoms with Crippen LogP contribution >= 0.6 is 11.8 Å². The van der Waals surface area contributed by atoms with Gasteiger partial charge in [0, 0.05) is 37.8 Å². The molecule has 2 aliphatic heterocycles. The summed E-state index contributed by atoms with van der Waals surface area (Å²) in [5.74, 6) is -1.31. The van der Waals surface area contributed by atoms with Gasteiger partial charge in [0.15, 0.2) is 5.82 Å². The van der Waals surface area contributed by atoms with Crippen LogP contribution in [-0.4, -0.2) is 73.1 Å². The molecule has 2 aliphatic rings. The van der Waals surface area contributed by atoms with Crippen molar-refractivity contribution in [2.24, 2.45) is 0 Å². The molecule has 192 valence electrons. The fourth-order valence-electron chi connectivity index (χ4n) is 3.78. The van der Waals surface area contributed by atoms with Crippen LogP contribution in [0.2, 0.25) is 0 Å². The first-order valence-corrected chi connectivity index (χ1v) is 12.1. The van der Waals surface area contributed by atoms with Gasteiger partial charge >= 0.3 is 6.18 Å². The molecule has 36 heavy (non-hydrogen) atoms. The van der Waals surface area contributed by atoms with E-state index in [-0.39, 0.29) is 22.3 Å². The van der Waals surface area contributed by atoms with Gasteiger partial charge in [-0.15, -0.1) is 0 Å². The standard InChI is InChI=1S/C23H25F3N6O3S/c1-27-21(34)17(19-28-8-6-16(31-19)23(24,25)26)22-30-15-5-2-4-14(18(15)36-22)20(33)29-7-3-9-32-10-12-35-13-11-32/h2,4-6,8,30H,3,7,9-13H2,1H3,(H,27,34)(H,29,33)/b22-17+. The number of aromatic nitrogens is 2. The Hall–Kier alpha value is -3.16. The second-order valence-electron chi connectivity index (χ2n) is 8.02. The summed E-state index contributed by atoms with van der Waals surface area (Å²) in [6.07, 6.45) is -2.95. The number of anilines is 1. The number of nitrogens with zero attached hydrogens (tertiary/aromatic N) is 3. The lowest BCUT2D eigenvalue weighted by Crippen LogP contribution is -2.38. The molecule has 0 bridgehead atoms. The zero-order chi connectivity index (χ0) is 25.7. The van der Waals surface area contributed by atoms with Crippen LogP contribution in [0.4, 0.5) is 18.9 Å². The number of hydrogen-bond donors (Lipinski definition) is 3. The number of halogens is 3. The van der Waals surface area contributed by atoms with Gasteiger partial charge in [-0.2, -0.15) is 13.2 Å². The molecular formula is C23H25F3N6O3S. The predicted molar refractivity (Wildman–Crippen MR) is 128 cm³/mol. The van der Waals surface area contributed by atoms with E-state index in [1.807, 2.05) is 0 Å². The molecule has 3 heterocycles. The van der Waals surface area contributed by atoms with Crippen molar-refractivity contribution in [1.82, 2.24) is 25.5 Å². The molecule has 1 fully saturated rings. The first-order chi connectivity index (χ1) is 17.3. The van der Waals surface area contributed by atoms with Crippen LogP contribution in [0.15, 0.2) is 40.4 Å². The molecule has 0 aliphatic carbocycles. The number of carbonyl (C=O) groups excluding carboxylic acids is 2. The molecule has 4 rings (SSSR count). The second-order valence-corrected chi connectivity index (χ2v) is 9.04. The Balaban J connectivity index is 1.52. The number of amides is 2. The molecule has 2 aromatic rings. The van der Waals surface area contributed by atoms with E-state index in [4.69, 9.17) is 4.74 Å². The molecule has 0 spiro atoms. The monoisotopic (exact) mass is 522 g/mol. The van der Waals surface area contributed by atoms with Gasteiger partial charge in [-0.3, -0.25) is 14.5 Å². The maximum atomic E-state index is 13.2. The number of carbonyl (C=O) groups is 2. The van der Waals surface area contributed by atoms with Crippen molar-refractivity contribution in [1.29, 1.82) is 0 Å². The van der Waals surface area contributed by atoms with Gasteiger partial charge in [0.25, 0.3) is 11.8 Å². The summed E-state index contributed by atoms with van der Waals surface area (Å²) in [6.45, 7) is 4.52. The lowest BCUT2D eigenvalue weighted by molar-refractivity contribution is -0.141. The van der Waals surface area contributed by atoms with E-state index in [0.29, 0.717) is 35.9 Å². The number of ether oxygens (including phenoxy) is 1. The molecule has 1 saturated heterocycles. The molecule has 13 heteroatoms. The minimum Gasteiger partial charge on any atom is -0.379 e. The van der Waals surface area contributed by atoms with Gasteiger partial charge in [0.05, 0.1) is 29.5 Å². The average Bonchev–Trinajstić information content (AvgIpc) is 3.30. The smallest absolute Gasteiger partial charge is 0.379 e. The normalized spacial score (nSPS) is 17.2. The molecule has 0 atom stereocenters. The summed E-state index contributed by atoms with van der Waals surface area (Å²) in [7, 11) is 1.36. The lowest BCUT2D eigenvalue weighted by atomic mass is 10.1. The fraction of sp³-hybridized carbons (Fsp3) is 0.391. The molecule has 1 aromatic heterocycles. The summed E-state index contributed by atoms with van der Waals surface area (Å²) in [4.78, 5) is 35.9. The Morgan fingerprint density at radius 1 is 1.22 bits per heavy atom. The van der Waals surface area contributed by atoms with E-state index in [1.165, 1.54) is 7.05 Å². The Bertz CT molecular complexity index is 1170. The van der Waals surface area contributed by atoms with E-state index in [2.05, 4.69) is 30.8 Å². The van der Waals surface area contributed by atoms with Crippen LogP contribution < -0.4 is 16.0 Å². The topological polar surface area (TPSA) is 108 Å². The fourth-order valence-corrected chi connectivity index (χ4v) is 4.93. The Morgan fingerprint density at radius 2 is 2.00 bits per heavy atom. The van der Waals surface area contributed by atoms with E-state index in [0.717, 1.165) is 50.1 Å². The number of nitrogens with one attached hydrogen (secondary N) is 3. The highest BCUT2D eigenvalue weighted by molar-refractivity contribution is 8.04. The first-order valence-electron chi connectivity index (χ1n) is 11.3. The summed E-state index contributed by atoms with van der Waals surface area (Å²) >= 11 is 1.08. The molecule has 1 aromatic carbocycles. The SMILES string of the molecule is CNC(=O)/C(=C1\Nc2cccc(C(=O)NCCCN3CCOCC3)c2S1)c1nccc(C(F)(F)F)n1. The van der Waals surface area contributed by atoms with Crippen LogP contribution in [0.1, 0.15) is 28.3 Å². The van der Waals surface area contributed by atoms with E-state index >= 15 is 0 Å². The summed E-state index contributed by atoms with van der Waals surface area (Å²) < 4.78 is 44.9. The molecular weight excluding hydrogens is 497 g/mol. The molecule has 0 unspecified atom stereocenters. The molecule has 3 N–H and O–H groups in total. The highest BCUT2D eigenvalue weighted by Gasteiger charge is 2.35. The molecule has 0 radical (unpaired) electrons. The molecule has 0 saturated carbocycles. The third kappa shape index (κ3) is 5.97. The third-order valence-corrected chi connectivity index (χ3v) is 6.76. The van der Waals surface area contributed by atoms with Crippen molar-refractivity contribution in [3.05, 3.63) is 52.6 Å². The largest absolute Gasteiger partial charge is 0.433 e. The van der Waals surface area contributed by atoms with Gasteiger partial charge in [0.1, 0.15) is 11.3 Å². The number of benzene rings is 1. The van der Waals surface area contributed by atoms with Crippen molar-refractivity contribution >= 4 is 34.8 Å². The Labute approximate surface area is 209 Å². The van der Waals surface area contributed by atoms with Crippen LogP contribution in [0.3, 0.4) is 0 Å². The highest BCUT2D eigenvalue weighted by atomic mass is 32.2. The average molecular weight is 523 g/mol. The zero-order valence-electron chi connectivity index (χ0n) is 19.4. The summed E-state index contributed by atoms with van der Waals surface area (Å²) in [5, 5.41) is 8.61. The van der Waals surface area contributed by atoms with Gasteiger partial charge in [0.2, 0.25) is 0 Å². The van der Waals surface area contributed by atoms with Crippen LogP contribution in [0.25, 0.3) is 5.57 Å². The number of rotatable bonds is 7. The Morgan fingerprint density at radius 3 is 2.72 bits per heavy atom. The second kappa shape index (κ2) is 11.3. The van der Waals surface area contributed by atoms with Crippen LogP contribution in [0.5, 0.6) is 0 Å². The van der Waals surface area contributed by atoms with Crippen molar-refractivity contribution in [3.63, 3.8) is 0 Å². The Kier molecular flexibility index (Phi) is 8.11. The zero-order valence-corrected chi connectivity index (χ0v) is 20.3. The van der Waals surface area contributed by atoms with Crippen LogP contribution in [0, 0.1) is 0 Å². The van der Waals surface area contributed by atoms with E-state index in [1.54, 1.807) is 18.2 Å². The maximum Gasteiger partial charge on any atom is 0.433 e. The highest BCUT2D eigenvalue weighted by Crippen LogP contribution is 2.45. The number of hydrogen-bond acceptors (Lipinski definition) is 8. The number of thioether (sulfide) groups is 1. The predicted octanol–water partition coefficient (Wildman–Crippen LogP) is 2.58. The minimum atomic E-state index is -4.69. The van der Waals surface area contributed by atoms with Gasteiger partial charge in [-0.1, -0.05) is 17.8 Å². The van der Waals surface area contributed by atoms with Gasteiger partial charge in [-0.25, -0.2) is 9.97 Å². The van der Waals surface area contributed by atoms with Crippen molar-refractivity contribution in [3.8, 4) is 0 Å². The minimum absolute atomic E-state index is 0.151. The molecule has 2 amide bonds. The van der Waals surface area contributed by atoms with E-state index < -0.39 is 17.8 Å².